The van der Waals surface area contributed by atoms with Gasteiger partial charge in [0.25, 0.3) is 0 Å². The number of amides is 1. The zero-order chi connectivity index (χ0) is 18.4. The minimum atomic E-state index is -0.371. The molecule has 0 saturated carbocycles. The number of benzene rings is 2. The molecule has 3 aromatic rings. The molecule has 1 amide bonds. The van der Waals surface area contributed by atoms with Crippen molar-refractivity contribution in [1.29, 1.82) is 0 Å². The lowest BCUT2D eigenvalue weighted by atomic mass is 10.1. The molecule has 0 aliphatic rings. The molecular formula is C19H20FN5O. The summed E-state index contributed by atoms with van der Waals surface area (Å²) in [4.78, 5) is 13.3. The zero-order valence-corrected chi connectivity index (χ0v) is 14.5. The van der Waals surface area contributed by atoms with Crippen molar-refractivity contribution in [2.45, 2.75) is 32.4 Å². The molecule has 7 heteroatoms. The van der Waals surface area contributed by atoms with Gasteiger partial charge < -0.3 is 5.32 Å². The Morgan fingerprint density at radius 3 is 2.77 bits per heavy atom. The minimum absolute atomic E-state index is 0.0298. The molecule has 0 aliphatic carbocycles. The van der Waals surface area contributed by atoms with Crippen LogP contribution in [0.5, 0.6) is 0 Å². The highest BCUT2D eigenvalue weighted by Crippen LogP contribution is 2.14. The van der Waals surface area contributed by atoms with E-state index in [1.54, 1.807) is 12.1 Å². The van der Waals surface area contributed by atoms with Gasteiger partial charge in [0, 0.05) is 11.6 Å². The number of aromatic nitrogens is 4. The molecule has 134 valence electrons. The lowest BCUT2D eigenvalue weighted by Crippen LogP contribution is -2.35. The first kappa shape index (κ1) is 17.7. The number of aryl methyl sites for hydroxylation is 1. The zero-order valence-electron chi connectivity index (χ0n) is 14.5. The molecule has 3 rings (SSSR count). The van der Waals surface area contributed by atoms with Crippen LogP contribution in [-0.4, -0.2) is 32.2 Å². The summed E-state index contributed by atoms with van der Waals surface area (Å²) in [5.74, 6) is -0.271. The Balaban J connectivity index is 1.50. The first-order chi connectivity index (χ1) is 12.6. The van der Waals surface area contributed by atoms with Crippen LogP contribution in [0.1, 0.15) is 18.9 Å². The van der Waals surface area contributed by atoms with Gasteiger partial charge in [-0.3, -0.25) is 4.79 Å². The second-order valence-corrected chi connectivity index (χ2v) is 6.15. The molecule has 0 spiro atoms. The molecule has 2 aromatic carbocycles. The number of carbonyl (C=O) groups excluding carboxylic acids is 1. The van der Waals surface area contributed by atoms with Crippen molar-refractivity contribution >= 4 is 5.91 Å². The summed E-state index contributed by atoms with van der Waals surface area (Å²) in [5, 5.41) is 14.8. The molecule has 0 radical (unpaired) electrons. The van der Waals surface area contributed by atoms with Gasteiger partial charge in [-0.05, 0) is 42.7 Å². The number of halogens is 1. The molecule has 0 saturated heterocycles. The Kier molecular flexibility index (Phi) is 5.68. The first-order valence-electron chi connectivity index (χ1n) is 8.47. The van der Waals surface area contributed by atoms with E-state index in [4.69, 9.17) is 0 Å². The maximum Gasteiger partial charge on any atom is 0.243 e. The molecule has 0 bridgehead atoms. The van der Waals surface area contributed by atoms with Gasteiger partial charge in [-0.2, -0.15) is 4.80 Å². The molecule has 26 heavy (non-hydrogen) atoms. The Hall–Kier alpha value is -3.09. The van der Waals surface area contributed by atoms with Gasteiger partial charge in [0.15, 0.2) is 0 Å². The number of tetrazole rings is 1. The van der Waals surface area contributed by atoms with Crippen LogP contribution in [0.25, 0.3) is 11.4 Å². The van der Waals surface area contributed by atoms with Crippen LogP contribution < -0.4 is 5.32 Å². The number of nitrogens with one attached hydrogen (secondary N) is 1. The predicted molar refractivity (Wildman–Crippen MR) is 95.6 cm³/mol. The maximum atomic E-state index is 13.3. The SMILES string of the molecule is C[C@@H](CCc1ccccc1)NC(=O)Cn1nnc(-c2cccc(F)c2)n1. The Bertz CT molecular complexity index is 865. The van der Waals surface area contributed by atoms with Crippen LogP contribution in [0.4, 0.5) is 4.39 Å². The van der Waals surface area contributed by atoms with Crippen molar-refractivity contribution in [1.82, 2.24) is 25.5 Å². The molecule has 1 heterocycles. The lowest BCUT2D eigenvalue weighted by molar-refractivity contribution is -0.122. The topological polar surface area (TPSA) is 72.7 Å². The van der Waals surface area contributed by atoms with Crippen LogP contribution in [0.3, 0.4) is 0 Å². The van der Waals surface area contributed by atoms with Gasteiger partial charge in [0.1, 0.15) is 12.4 Å². The molecule has 0 aliphatic heterocycles. The van der Waals surface area contributed by atoms with Crippen LogP contribution in [0, 0.1) is 5.82 Å². The van der Waals surface area contributed by atoms with Gasteiger partial charge in [-0.25, -0.2) is 4.39 Å². The number of nitrogens with zero attached hydrogens (tertiary/aromatic N) is 4. The molecular weight excluding hydrogens is 333 g/mol. The van der Waals surface area contributed by atoms with Crippen molar-refractivity contribution in [2.75, 3.05) is 0 Å². The normalized spacial score (nSPS) is 11.9. The average molecular weight is 353 g/mol. The summed E-state index contributed by atoms with van der Waals surface area (Å²) in [6.07, 6.45) is 1.74. The highest BCUT2D eigenvalue weighted by molar-refractivity contribution is 5.75. The van der Waals surface area contributed by atoms with Gasteiger partial charge in [-0.1, -0.05) is 42.5 Å². The predicted octanol–water partition coefficient (Wildman–Crippen LogP) is 2.62. The van der Waals surface area contributed by atoms with Crippen molar-refractivity contribution in [3.05, 3.63) is 66.0 Å². The number of rotatable bonds is 7. The van der Waals surface area contributed by atoms with Crippen molar-refractivity contribution in [3.8, 4) is 11.4 Å². The average Bonchev–Trinajstić information content (AvgIpc) is 3.09. The van der Waals surface area contributed by atoms with E-state index in [0.717, 1.165) is 12.8 Å². The van der Waals surface area contributed by atoms with Crippen molar-refractivity contribution < 1.29 is 9.18 Å². The molecule has 0 unspecified atom stereocenters. The van der Waals surface area contributed by atoms with Gasteiger partial charge in [0.2, 0.25) is 11.7 Å². The van der Waals surface area contributed by atoms with E-state index in [0.29, 0.717) is 5.56 Å². The molecule has 1 N–H and O–H groups in total. The minimum Gasteiger partial charge on any atom is -0.352 e. The monoisotopic (exact) mass is 353 g/mol. The Labute approximate surface area is 151 Å². The Morgan fingerprint density at radius 1 is 1.19 bits per heavy atom. The third-order valence-corrected chi connectivity index (χ3v) is 3.94. The summed E-state index contributed by atoms with van der Waals surface area (Å²) in [6, 6.07) is 16.1. The quantitative estimate of drug-likeness (QED) is 0.709. The van der Waals surface area contributed by atoms with E-state index in [1.807, 2.05) is 25.1 Å². The van der Waals surface area contributed by atoms with Gasteiger partial charge in [0.05, 0.1) is 0 Å². The smallest absolute Gasteiger partial charge is 0.243 e. The fourth-order valence-corrected chi connectivity index (χ4v) is 2.60. The fourth-order valence-electron chi connectivity index (χ4n) is 2.60. The third kappa shape index (κ3) is 4.95. The van der Waals surface area contributed by atoms with E-state index < -0.39 is 0 Å². The highest BCUT2D eigenvalue weighted by atomic mass is 19.1. The molecule has 0 fully saturated rings. The van der Waals surface area contributed by atoms with E-state index >= 15 is 0 Å². The van der Waals surface area contributed by atoms with Gasteiger partial charge in [-0.15, -0.1) is 10.2 Å². The van der Waals surface area contributed by atoms with E-state index in [-0.39, 0.29) is 30.1 Å². The molecule has 1 atom stereocenters. The summed E-state index contributed by atoms with van der Waals surface area (Å²) >= 11 is 0. The van der Waals surface area contributed by atoms with E-state index in [1.165, 1.54) is 22.5 Å². The Morgan fingerprint density at radius 2 is 2.00 bits per heavy atom. The molecule has 6 nitrogen and oxygen atoms in total. The number of carbonyl (C=O) groups is 1. The van der Waals surface area contributed by atoms with E-state index in [2.05, 4.69) is 32.9 Å². The van der Waals surface area contributed by atoms with Crippen LogP contribution in [0.2, 0.25) is 0 Å². The first-order valence-corrected chi connectivity index (χ1v) is 8.47. The number of hydrogen-bond donors (Lipinski definition) is 1. The summed E-state index contributed by atoms with van der Waals surface area (Å²) in [7, 11) is 0. The summed E-state index contributed by atoms with van der Waals surface area (Å²) < 4.78 is 13.3. The summed E-state index contributed by atoms with van der Waals surface area (Å²) in [5.41, 5.74) is 1.76. The van der Waals surface area contributed by atoms with Gasteiger partial charge >= 0.3 is 0 Å². The van der Waals surface area contributed by atoms with Crippen LogP contribution in [-0.2, 0) is 17.8 Å². The lowest BCUT2D eigenvalue weighted by Gasteiger charge is -2.13. The van der Waals surface area contributed by atoms with Crippen molar-refractivity contribution in [2.24, 2.45) is 0 Å². The number of hydrogen-bond acceptors (Lipinski definition) is 4. The third-order valence-electron chi connectivity index (χ3n) is 3.94. The van der Waals surface area contributed by atoms with Crippen LogP contribution >= 0.6 is 0 Å². The van der Waals surface area contributed by atoms with Crippen LogP contribution in [0.15, 0.2) is 54.6 Å². The molecule has 1 aromatic heterocycles. The maximum absolute atomic E-state index is 13.3. The standard InChI is InChI=1S/C19H20FN5O/c1-14(10-11-15-6-3-2-4-7-15)21-18(26)13-25-23-19(22-24-25)16-8-5-9-17(20)12-16/h2-9,12,14H,10-11,13H2,1H3,(H,21,26)/t14-/m0/s1. The van der Waals surface area contributed by atoms with Crippen molar-refractivity contribution in [3.63, 3.8) is 0 Å². The second-order valence-electron chi connectivity index (χ2n) is 6.15. The van der Waals surface area contributed by atoms with E-state index in [9.17, 15) is 9.18 Å². The largest absolute Gasteiger partial charge is 0.352 e. The second kappa shape index (κ2) is 8.33. The summed E-state index contributed by atoms with van der Waals surface area (Å²) in [6.45, 7) is 1.94. The fraction of sp³-hybridized carbons (Fsp3) is 0.263. The highest BCUT2D eigenvalue weighted by Gasteiger charge is 2.12.